The Bertz CT molecular complexity index is 3620. The Morgan fingerprint density at radius 1 is 0.207 bits per heavy atom. The van der Waals surface area contributed by atoms with Gasteiger partial charge in [-0.15, -0.1) is 0 Å². The third-order valence-corrected chi connectivity index (χ3v) is 14.6. The topological polar surface area (TPSA) is 28.5 Å². The van der Waals surface area contributed by atoms with Gasteiger partial charge in [0.05, 0.1) is 0 Å². The van der Waals surface area contributed by atoms with E-state index in [2.05, 4.69) is 469 Å². The molecule has 92 heavy (non-hydrogen) atoms. The number of anilines is 4. The van der Waals surface area contributed by atoms with Crippen LogP contribution in [-0.4, -0.2) is 56.4 Å². The summed E-state index contributed by atoms with van der Waals surface area (Å²) in [4.78, 5) is 8.52. The first kappa shape index (κ1) is 82.0. The van der Waals surface area contributed by atoms with Gasteiger partial charge in [-0.3, -0.25) is 0 Å². The Hall–Kier alpha value is -0.640. The number of hydrogen-bond acceptors (Lipinski definition) is 4. The molecule has 8 nitrogen and oxygen atoms in total. The first-order valence-electron chi connectivity index (χ1n) is 28.3. The second-order valence-corrected chi connectivity index (χ2v) is 86.8. The number of nitrogens with zero attached hydrogens (tertiary/aromatic N) is 8. The molecule has 0 aliphatic rings. The number of pyridine rings is 4. The predicted octanol–water partition coefficient (Wildman–Crippen LogP) is 8.69. The fraction of sp³-hybridized carbons (Fsp3) is 0.167. The van der Waals surface area contributed by atoms with Crippen LogP contribution in [0.3, 0.4) is 0 Å². The average Bonchev–Trinajstić information content (AvgIpc) is 0.879. The predicted molar refractivity (Wildman–Crippen MR) is 452 cm³/mol. The zero-order chi connectivity index (χ0) is 67.3. The molecule has 12 aromatic rings. The van der Waals surface area contributed by atoms with Gasteiger partial charge in [0.25, 0.3) is 0 Å². The number of aromatic nitrogens is 4. The van der Waals surface area contributed by atoms with E-state index in [0.717, 1.165) is 0 Å². The molecule has 12 rings (SSSR count). The van der Waals surface area contributed by atoms with Crippen LogP contribution in [0.2, 0.25) is 0 Å². The van der Waals surface area contributed by atoms with Gasteiger partial charge in [0.15, 0.2) is 49.6 Å². The number of benzene rings is 8. The summed E-state index contributed by atoms with van der Waals surface area (Å²) in [6.07, 6.45) is 16.6. The molecule has 0 saturated carbocycles. The first-order valence-corrected chi connectivity index (χ1v) is 78.6. The van der Waals surface area contributed by atoms with Crippen molar-refractivity contribution in [3.05, 3.63) is 244 Å². The Labute approximate surface area is 666 Å². The van der Waals surface area contributed by atoms with E-state index in [1.807, 2.05) is 46.5 Å². The summed E-state index contributed by atoms with van der Waals surface area (Å²) in [6, 6.07) is 70.1. The maximum atomic E-state index is 2.39. The number of halogens is 12. The molecule has 0 atom stereocenters. The molecule has 0 aliphatic carbocycles. The zero-order valence-corrected chi connectivity index (χ0v) is 79.1. The van der Waals surface area contributed by atoms with E-state index in [1.165, 1.54) is 110 Å². The van der Waals surface area contributed by atoms with Gasteiger partial charge in [0.1, 0.15) is 28.2 Å². The van der Waals surface area contributed by atoms with Gasteiger partial charge in [-0.2, -0.15) is 0 Å². The zero-order valence-electron chi connectivity index (χ0n) is 53.2. The van der Waals surface area contributed by atoms with E-state index in [0.29, 0.717) is 53.0 Å². The number of fused-ring (bicyclic) bond motifs is 4. The molecular formula is C72H76I12N8. The van der Waals surface area contributed by atoms with Crippen LogP contribution in [0.1, 0.15) is 0 Å². The van der Waals surface area contributed by atoms with Crippen LogP contribution in [0.25, 0.3) is 87.6 Å². The molecular weight excluding hydrogens is 2500 g/mol. The van der Waals surface area contributed by atoms with Gasteiger partial charge >= 0.3 is 202 Å². The van der Waals surface area contributed by atoms with Gasteiger partial charge < -0.3 is 19.6 Å². The molecule has 0 aliphatic heterocycles. The Balaban J connectivity index is 0.000000210. The quantitative estimate of drug-likeness (QED) is 0.113. The van der Waals surface area contributed by atoms with Crippen LogP contribution in [0.5, 0.6) is 0 Å². The van der Waals surface area contributed by atoms with Crippen LogP contribution in [0, 0.1) is 0 Å². The van der Waals surface area contributed by atoms with Gasteiger partial charge in [-0.1, -0.05) is 72.8 Å². The van der Waals surface area contributed by atoms with Crippen LogP contribution in [0.4, 0.5) is 22.7 Å². The standard InChI is InChI=1S/4C18H19N2.4I3/c4*1-19(2)18-7-6-16-12-15(4-5-17(16)13-18)14-8-10-20(3)11-9-14;4*1-3-2/h4*4-13H,1-3H3;;;;/q4*+1;4*-1. The fourth-order valence-corrected chi connectivity index (χ4v) is 9.54. The van der Waals surface area contributed by atoms with Crippen molar-refractivity contribution >= 4 is 215 Å². The summed E-state index contributed by atoms with van der Waals surface area (Å²) < 4.78 is 8.20. The summed E-state index contributed by atoms with van der Waals surface area (Å²) in [5, 5.41) is 10.2. The van der Waals surface area contributed by atoms with Gasteiger partial charge in [0, 0.05) is 128 Å². The second kappa shape index (κ2) is 44.5. The van der Waals surface area contributed by atoms with Crippen molar-refractivity contribution in [1.29, 1.82) is 0 Å². The van der Waals surface area contributed by atoms with Gasteiger partial charge in [-0.25, -0.2) is 18.3 Å². The van der Waals surface area contributed by atoms with Crippen molar-refractivity contribution < 1.29 is 71.3 Å². The summed E-state index contributed by atoms with van der Waals surface area (Å²) in [6.45, 7) is 0. The summed E-state index contributed by atoms with van der Waals surface area (Å²) in [5.74, 6) is 0. The normalized spacial score (nSPS) is 10.3. The minimum absolute atomic E-state index is 0.530. The third-order valence-electron chi connectivity index (χ3n) is 14.6. The maximum absolute atomic E-state index is 2.39. The van der Waals surface area contributed by atoms with Crippen LogP contribution in [-0.2, 0) is 28.2 Å². The Morgan fingerprint density at radius 2 is 0.348 bits per heavy atom. The molecule has 0 unspecified atom stereocenters. The van der Waals surface area contributed by atoms with Gasteiger partial charge in [-0.05, 0) is 160 Å². The van der Waals surface area contributed by atoms with E-state index >= 15 is 0 Å². The van der Waals surface area contributed by atoms with Crippen LogP contribution < -0.4 is 90.9 Å². The average molecular weight is 2580 g/mol. The first-order chi connectivity index (χ1) is 44.2. The summed E-state index contributed by atoms with van der Waals surface area (Å²) in [7, 11) is 24.7. The van der Waals surface area contributed by atoms with E-state index in [9.17, 15) is 0 Å². The van der Waals surface area contributed by atoms with Crippen molar-refractivity contribution in [3.63, 3.8) is 0 Å². The van der Waals surface area contributed by atoms with Crippen LogP contribution in [0.15, 0.2) is 244 Å². The molecule has 0 fully saturated rings. The molecule has 0 bridgehead atoms. The molecule has 8 aromatic carbocycles. The van der Waals surface area contributed by atoms with E-state index in [4.69, 9.17) is 0 Å². The molecule has 4 aromatic heterocycles. The molecule has 20 heteroatoms. The van der Waals surface area contributed by atoms with Crippen molar-refractivity contribution in [3.8, 4) is 44.5 Å². The monoisotopic (exact) mass is 2580 g/mol. The minimum atomic E-state index is 0.530. The second-order valence-electron chi connectivity index (χ2n) is 21.8. The Morgan fingerprint density at radius 3 is 0.500 bits per heavy atom. The third kappa shape index (κ3) is 27.5. The SMILES string of the molecule is CN(C)c1ccc2cc(-c3cc[n+](C)cc3)ccc2c1.CN(C)c1ccc2cc(-c3cc[n+](C)cc3)ccc2c1.CN(C)c1ccc2cc(-c3cc[n+](C)cc3)ccc2c1.CN(C)c1ccc2cc(-c3cc[n+](C)cc3)ccc2c1.I[I-]I.I[I-]I.I[I-]I.I[I-]I. The van der Waals surface area contributed by atoms with Crippen molar-refractivity contribution in [2.24, 2.45) is 28.2 Å². The summed E-state index contributed by atoms with van der Waals surface area (Å²) >= 11 is 21.2. The van der Waals surface area contributed by atoms with Crippen LogP contribution >= 0.6 is 149 Å². The molecule has 4 heterocycles. The van der Waals surface area contributed by atoms with Crippen molar-refractivity contribution in [1.82, 2.24) is 0 Å². The molecule has 488 valence electrons. The van der Waals surface area contributed by atoms with Crippen molar-refractivity contribution in [2.75, 3.05) is 76.0 Å². The number of aryl methyl sites for hydroxylation is 4. The summed E-state index contributed by atoms with van der Waals surface area (Å²) in [5.41, 5.74) is 15.0. The molecule has 0 amide bonds. The van der Waals surface area contributed by atoms with E-state index in [1.54, 1.807) is 0 Å². The molecule has 0 radical (unpaired) electrons. The number of hydrogen-bond donors (Lipinski definition) is 0. The van der Waals surface area contributed by atoms with Gasteiger partial charge in [0.2, 0.25) is 0 Å². The fourth-order valence-electron chi connectivity index (χ4n) is 9.54. The Kier molecular flexibility index (Phi) is 39.7. The molecule has 0 N–H and O–H groups in total. The number of rotatable bonds is 8. The van der Waals surface area contributed by atoms with E-state index in [-0.39, 0.29) is 0 Å². The molecule has 0 spiro atoms. The van der Waals surface area contributed by atoms with Crippen molar-refractivity contribution in [2.45, 2.75) is 0 Å². The van der Waals surface area contributed by atoms with E-state index < -0.39 is 0 Å². The molecule has 0 saturated heterocycles.